The Labute approximate surface area is 185 Å². The van der Waals surface area contributed by atoms with E-state index < -0.39 is 23.5 Å². The summed E-state index contributed by atoms with van der Waals surface area (Å²) >= 11 is 10.2. The van der Waals surface area contributed by atoms with E-state index in [-0.39, 0.29) is 34.2 Å². The van der Waals surface area contributed by atoms with Crippen LogP contribution >= 0.6 is 24.4 Å². The number of benzene rings is 2. The monoisotopic (exact) mass is 480 g/mol. The van der Waals surface area contributed by atoms with Crippen molar-refractivity contribution in [3.05, 3.63) is 59.7 Å². The summed E-state index contributed by atoms with van der Waals surface area (Å²) in [7, 11) is 0. The Balaban J connectivity index is 1.82. The van der Waals surface area contributed by atoms with Gasteiger partial charge in [0.05, 0.1) is 11.1 Å². The fourth-order valence-electron chi connectivity index (χ4n) is 2.41. The summed E-state index contributed by atoms with van der Waals surface area (Å²) in [6.45, 7) is 1.98. The van der Waals surface area contributed by atoms with Gasteiger partial charge in [0.2, 0.25) is 0 Å². The lowest BCUT2D eigenvalue weighted by molar-refractivity contribution is -0.138. The fraction of sp³-hybridized carbons (Fsp3) is 0.263. The largest absolute Gasteiger partial charge is 0.416 e. The smallest absolute Gasteiger partial charge is 0.360 e. The molecule has 0 bridgehead atoms. The van der Waals surface area contributed by atoms with E-state index >= 15 is 0 Å². The lowest BCUT2D eigenvalue weighted by Gasteiger charge is -2.19. The van der Waals surface area contributed by atoms with E-state index in [1.54, 1.807) is 6.92 Å². The molecule has 0 radical (unpaired) electrons. The Morgan fingerprint density at radius 2 is 1.26 bits per heavy atom. The summed E-state index contributed by atoms with van der Waals surface area (Å²) in [6, 6.07) is 8.88. The topological polar surface area (TPSA) is 48.1 Å². The van der Waals surface area contributed by atoms with E-state index in [9.17, 15) is 26.3 Å². The van der Waals surface area contributed by atoms with Crippen LogP contribution in [0, 0.1) is 0 Å². The van der Waals surface area contributed by atoms with Crippen molar-refractivity contribution >= 4 is 46.0 Å². The highest BCUT2D eigenvalue weighted by atomic mass is 32.1. The molecule has 2 aromatic rings. The Kier molecular flexibility index (Phi) is 8.07. The minimum atomic E-state index is -4.47. The maximum absolute atomic E-state index is 12.8. The van der Waals surface area contributed by atoms with E-state index in [1.165, 1.54) is 24.3 Å². The van der Waals surface area contributed by atoms with Crippen molar-refractivity contribution in [2.75, 3.05) is 17.2 Å². The molecule has 0 unspecified atom stereocenters. The highest BCUT2D eigenvalue weighted by molar-refractivity contribution is 7.80. The Morgan fingerprint density at radius 3 is 1.71 bits per heavy atom. The van der Waals surface area contributed by atoms with Crippen LogP contribution in [-0.4, -0.2) is 22.8 Å². The second kappa shape index (κ2) is 10.1. The molecule has 2 aromatic carbocycles. The first-order valence-electron chi connectivity index (χ1n) is 8.81. The molecule has 0 amide bonds. The van der Waals surface area contributed by atoms with Crippen LogP contribution < -0.4 is 21.3 Å². The number of anilines is 2. The highest BCUT2D eigenvalue weighted by Gasteiger charge is 2.31. The van der Waals surface area contributed by atoms with Gasteiger partial charge in [0.25, 0.3) is 0 Å². The van der Waals surface area contributed by atoms with E-state index in [4.69, 9.17) is 24.4 Å². The molecule has 0 aliphatic rings. The second-order valence-electron chi connectivity index (χ2n) is 6.49. The summed E-state index contributed by atoms with van der Waals surface area (Å²) in [4.78, 5) is 0. The number of thiocarbonyl (C=S) groups is 2. The predicted molar refractivity (Wildman–Crippen MR) is 116 cm³/mol. The maximum atomic E-state index is 12.8. The van der Waals surface area contributed by atoms with E-state index in [1.807, 2.05) is 0 Å². The number of alkyl halides is 6. The first kappa shape index (κ1) is 24.7. The van der Waals surface area contributed by atoms with Crippen LogP contribution in [0.3, 0.4) is 0 Å². The van der Waals surface area contributed by atoms with E-state index in [2.05, 4.69) is 21.3 Å². The average Bonchev–Trinajstić information content (AvgIpc) is 2.65. The number of hydrogen-bond donors (Lipinski definition) is 4. The van der Waals surface area contributed by atoms with Gasteiger partial charge in [-0.1, -0.05) is 12.1 Å². The average molecular weight is 481 g/mol. The summed E-state index contributed by atoms with van der Waals surface area (Å²) in [5.41, 5.74) is -1.26. The van der Waals surface area contributed by atoms with Gasteiger partial charge in [-0.15, -0.1) is 0 Å². The van der Waals surface area contributed by atoms with E-state index in [0.717, 1.165) is 24.3 Å². The maximum Gasteiger partial charge on any atom is 0.416 e. The zero-order valence-electron chi connectivity index (χ0n) is 16.0. The molecular weight excluding hydrogens is 462 g/mol. The van der Waals surface area contributed by atoms with Crippen molar-refractivity contribution in [1.82, 2.24) is 10.6 Å². The van der Waals surface area contributed by atoms with Gasteiger partial charge in [0.15, 0.2) is 10.2 Å². The molecule has 168 valence electrons. The van der Waals surface area contributed by atoms with Gasteiger partial charge in [-0.05, 0) is 67.8 Å². The van der Waals surface area contributed by atoms with Crippen LogP contribution in [0.4, 0.5) is 37.7 Å². The standard InChI is InChI=1S/C19H18F6N4S2/c1-11(27-17(31)29-15-7-3-5-13(9-15)19(23,24)25)10-26-16(30)28-14-6-2-4-12(8-14)18(20,21)22/h2-9,11H,10H2,1H3,(H2,26,28,30)(H2,27,29,31)/t11-/m0/s1. The van der Waals surface area contributed by atoms with Gasteiger partial charge in [-0.3, -0.25) is 0 Å². The van der Waals surface area contributed by atoms with Crippen LogP contribution in [0.1, 0.15) is 18.1 Å². The van der Waals surface area contributed by atoms with Crippen molar-refractivity contribution in [2.24, 2.45) is 0 Å². The molecule has 1 atom stereocenters. The molecule has 31 heavy (non-hydrogen) atoms. The predicted octanol–water partition coefficient (Wildman–Crippen LogP) is 5.39. The third-order valence-electron chi connectivity index (χ3n) is 3.84. The lowest BCUT2D eigenvalue weighted by Crippen LogP contribution is -2.44. The molecule has 12 heteroatoms. The molecule has 0 saturated carbocycles. The van der Waals surface area contributed by atoms with Crippen LogP contribution in [0.25, 0.3) is 0 Å². The summed E-state index contributed by atoms with van der Waals surface area (Å²) < 4.78 is 76.6. The Morgan fingerprint density at radius 1 is 0.806 bits per heavy atom. The van der Waals surface area contributed by atoms with Crippen molar-refractivity contribution in [2.45, 2.75) is 25.3 Å². The van der Waals surface area contributed by atoms with Gasteiger partial charge in [-0.2, -0.15) is 26.3 Å². The molecule has 0 aliphatic heterocycles. The Hall–Kier alpha value is -2.60. The van der Waals surface area contributed by atoms with E-state index in [0.29, 0.717) is 0 Å². The molecule has 4 nitrogen and oxygen atoms in total. The first-order valence-corrected chi connectivity index (χ1v) is 9.63. The highest BCUT2D eigenvalue weighted by Crippen LogP contribution is 2.31. The first-order chi connectivity index (χ1) is 14.3. The summed E-state index contributed by atoms with van der Waals surface area (Å²) in [6.07, 6.45) is -8.93. The van der Waals surface area contributed by atoms with Crippen LogP contribution in [0.15, 0.2) is 48.5 Å². The number of nitrogens with one attached hydrogen (secondary N) is 4. The van der Waals surface area contributed by atoms with Gasteiger partial charge in [-0.25, -0.2) is 0 Å². The van der Waals surface area contributed by atoms with Crippen LogP contribution in [0.2, 0.25) is 0 Å². The summed E-state index contributed by atoms with van der Waals surface area (Å²) in [5.74, 6) is 0. The number of hydrogen-bond acceptors (Lipinski definition) is 2. The molecule has 0 aliphatic carbocycles. The molecule has 0 fully saturated rings. The van der Waals surface area contributed by atoms with Crippen LogP contribution in [-0.2, 0) is 12.4 Å². The molecule has 0 saturated heterocycles. The van der Waals surface area contributed by atoms with Gasteiger partial charge >= 0.3 is 12.4 Å². The van der Waals surface area contributed by atoms with Gasteiger partial charge in [0.1, 0.15) is 0 Å². The third-order valence-corrected chi connectivity index (χ3v) is 4.31. The fourth-order valence-corrected chi connectivity index (χ4v) is 2.93. The van der Waals surface area contributed by atoms with Crippen molar-refractivity contribution in [3.8, 4) is 0 Å². The molecule has 0 aromatic heterocycles. The Bertz CT molecular complexity index is 930. The quantitative estimate of drug-likeness (QED) is 0.340. The minimum absolute atomic E-state index is 0.102. The second-order valence-corrected chi connectivity index (χ2v) is 7.31. The summed E-state index contributed by atoms with van der Waals surface area (Å²) in [5, 5.41) is 11.2. The van der Waals surface area contributed by atoms with Gasteiger partial charge in [0, 0.05) is 24.0 Å². The SMILES string of the molecule is C[C@@H](CNC(=S)Nc1cccc(C(F)(F)F)c1)NC(=S)Nc1cccc(C(F)(F)F)c1. The molecular formula is C19H18F6N4S2. The number of rotatable bonds is 5. The zero-order chi connectivity index (χ0) is 23.2. The lowest BCUT2D eigenvalue weighted by atomic mass is 10.2. The zero-order valence-corrected chi connectivity index (χ0v) is 17.6. The molecule has 0 heterocycles. The van der Waals surface area contributed by atoms with Crippen molar-refractivity contribution in [1.29, 1.82) is 0 Å². The molecule has 2 rings (SSSR count). The molecule has 4 N–H and O–H groups in total. The third kappa shape index (κ3) is 8.21. The molecule has 0 spiro atoms. The van der Waals surface area contributed by atoms with Gasteiger partial charge < -0.3 is 21.3 Å². The number of halogens is 6. The minimum Gasteiger partial charge on any atom is -0.360 e. The normalized spacial score (nSPS) is 12.6. The van der Waals surface area contributed by atoms with Crippen LogP contribution in [0.5, 0.6) is 0 Å². The van der Waals surface area contributed by atoms with Crippen molar-refractivity contribution in [3.63, 3.8) is 0 Å². The van der Waals surface area contributed by atoms with Crippen molar-refractivity contribution < 1.29 is 26.3 Å².